The summed E-state index contributed by atoms with van der Waals surface area (Å²) in [5, 5.41) is 170. The summed E-state index contributed by atoms with van der Waals surface area (Å²) < 4.78 is 45.0. The van der Waals surface area contributed by atoms with Gasteiger partial charge in [0.1, 0.15) is 134 Å². The second-order valence-corrected chi connectivity index (χ2v) is 20.7. The van der Waals surface area contributed by atoms with Gasteiger partial charge in [-0.15, -0.1) is 0 Å². The van der Waals surface area contributed by atoms with Crippen molar-refractivity contribution >= 4 is 11.8 Å². The van der Waals surface area contributed by atoms with E-state index in [9.17, 15) is 91.3 Å². The molecule has 6 aliphatic rings. The number of ether oxygens (including phenoxy) is 8. The molecule has 2 amide bonds. The first kappa shape index (κ1) is 68.4. The van der Waals surface area contributed by atoms with Gasteiger partial charge in [-0.1, -0.05) is 0 Å². The number of hydrogen-bond donors (Lipinski definition) is 26. The molecule has 36 nitrogen and oxygen atoms in total. The number of nitrogens with two attached hydrogens (primary N) is 8. The van der Waals surface area contributed by atoms with E-state index in [4.69, 9.17) is 83.8 Å². The van der Waals surface area contributed by atoms with Crippen molar-refractivity contribution in [1.82, 2.24) is 10.6 Å². The lowest BCUT2D eigenvalue weighted by molar-refractivity contribution is -0.332. The van der Waals surface area contributed by atoms with Crippen molar-refractivity contribution in [3.63, 3.8) is 0 Å². The third kappa shape index (κ3) is 15.7. The van der Waals surface area contributed by atoms with Crippen LogP contribution in [0.3, 0.4) is 0 Å². The summed E-state index contributed by atoms with van der Waals surface area (Å²) >= 11 is 0. The van der Waals surface area contributed by atoms with Crippen LogP contribution in [0.15, 0.2) is 0 Å². The molecule has 0 aromatic carbocycles. The Hall–Kier alpha value is -2.34. The highest BCUT2D eigenvalue weighted by atomic mass is 16.7. The van der Waals surface area contributed by atoms with E-state index in [1.54, 1.807) is 0 Å². The maximum Gasteiger partial charge on any atom is 0.249 e. The molecule has 34 N–H and O–H groups in total. The molecule has 4 heterocycles. The number of aliphatic hydroxyl groups is 16. The van der Waals surface area contributed by atoms with Crippen LogP contribution in [0.5, 0.6) is 0 Å². The normalized spacial score (nSPS) is 47.0. The number of nitrogens with one attached hydrogen (secondary N) is 2. The number of carbonyl (C=O) groups excluding carboxylic acids is 2. The summed E-state index contributed by atoms with van der Waals surface area (Å²) in [7, 11) is 0. The lowest BCUT2D eigenvalue weighted by Crippen LogP contribution is -2.69. The molecule has 0 aromatic heterocycles. The molecule has 0 radical (unpaired) electrons. The van der Waals surface area contributed by atoms with Crippen LogP contribution in [-0.2, 0) is 47.5 Å². The SMILES string of the molecule is NCC[C@H](O)C(=O)N[C@@H]1C[C@H](N)[C@@H](O[C@H]2O[C@H](CN)[C@@H](O)[C@H](O)[C@H]2O)[C@H](O)[C@H]1O[C@H]1O[C@H](CO)[C@@H](O)[C@H](N)[C@H]1O.NCC[C@H](O)C(=O)N[C@@H]1C[C@H](N)[C@@H](O[C@H]2O[C@H](CN)[C@@H](O)[C@H](O)[C@H]2O)[C@H](O)[C@H]1O[C@H]1O[C@H](CO)[C@@H](O)[C@H](N)[C@H]1O. The lowest BCUT2D eigenvalue weighted by atomic mass is 9.83. The van der Waals surface area contributed by atoms with Crippen LogP contribution in [0.2, 0.25) is 0 Å². The van der Waals surface area contributed by atoms with Gasteiger partial charge in [0.2, 0.25) is 11.8 Å². The van der Waals surface area contributed by atoms with E-state index in [-0.39, 0.29) is 51.9 Å². The van der Waals surface area contributed by atoms with Gasteiger partial charge in [0, 0.05) is 25.2 Å². The summed E-state index contributed by atoms with van der Waals surface area (Å²) in [5.41, 5.74) is 46.2. The maximum absolute atomic E-state index is 12.6. The average Bonchev–Trinajstić information content (AvgIpc) is 3.43. The van der Waals surface area contributed by atoms with Gasteiger partial charge in [-0.3, -0.25) is 9.59 Å². The molecule has 32 atom stereocenters. The van der Waals surface area contributed by atoms with Crippen molar-refractivity contribution < 1.29 is 129 Å². The van der Waals surface area contributed by atoms with Crippen molar-refractivity contribution in [2.45, 2.75) is 221 Å². The van der Waals surface area contributed by atoms with Crippen LogP contribution in [0.4, 0.5) is 0 Å². The Balaban J connectivity index is 0.000000294. The summed E-state index contributed by atoms with van der Waals surface area (Å²) in [5.74, 6) is -1.69. The third-order valence-corrected chi connectivity index (χ3v) is 15.0. The van der Waals surface area contributed by atoms with E-state index in [0.29, 0.717) is 0 Å². The maximum atomic E-state index is 12.6. The minimum atomic E-state index is -1.76. The molecule has 6 rings (SSSR count). The van der Waals surface area contributed by atoms with Crippen LogP contribution in [-0.4, -0.2) is 329 Å². The Morgan fingerprint density at radius 3 is 1.02 bits per heavy atom. The van der Waals surface area contributed by atoms with Gasteiger partial charge >= 0.3 is 0 Å². The number of aliphatic hydroxyl groups excluding tert-OH is 16. The van der Waals surface area contributed by atoms with Gasteiger partial charge in [-0.25, -0.2) is 0 Å². The van der Waals surface area contributed by atoms with Gasteiger partial charge in [0.15, 0.2) is 25.2 Å². The van der Waals surface area contributed by atoms with E-state index in [0.717, 1.165) is 0 Å². The summed E-state index contributed by atoms with van der Waals surface area (Å²) in [6.07, 6.45) is -39.6. The van der Waals surface area contributed by atoms with Gasteiger partial charge < -0.3 is 176 Å². The quantitative estimate of drug-likeness (QED) is 0.0538. The fourth-order valence-electron chi connectivity index (χ4n) is 10.1. The first-order valence-corrected chi connectivity index (χ1v) is 26.1. The van der Waals surface area contributed by atoms with E-state index in [1.807, 2.05) is 0 Å². The largest absolute Gasteiger partial charge is 0.394 e. The van der Waals surface area contributed by atoms with E-state index in [1.165, 1.54) is 0 Å². The van der Waals surface area contributed by atoms with Gasteiger partial charge in [-0.2, -0.15) is 0 Å². The predicted molar refractivity (Wildman–Crippen MR) is 263 cm³/mol. The molecule has 468 valence electrons. The zero-order chi connectivity index (χ0) is 59.8. The zero-order valence-electron chi connectivity index (χ0n) is 43.4. The molecule has 4 aliphatic heterocycles. The number of rotatable bonds is 20. The van der Waals surface area contributed by atoms with Crippen molar-refractivity contribution in [2.24, 2.45) is 45.9 Å². The van der Waals surface area contributed by atoms with E-state index < -0.39 is 221 Å². The Bertz CT molecular complexity index is 1760. The van der Waals surface area contributed by atoms with Crippen molar-refractivity contribution in [3.8, 4) is 0 Å². The number of amides is 2. The number of hydrogen-bond acceptors (Lipinski definition) is 34. The van der Waals surface area contributed by atoms with E-state index >= 15 is 0 Å². The Labute approximate surface area is 457 Å². The number of carbonyl (C=O) groups is 2. The van der Waals surface area contributed by atoms with Gasteiger partial charge in [-0.05, 0) is 38.8 Å². The molecule has 80 heavy (non-hydrogen) atoms. The predicted octanol–water partition coefficient (Wildman–Crippen LogP) is -16.8. The first-order chi connectivity index (χ1) is 37.7. The summed E-state index contributed by atoms with van der Waals surface area (Å²) in [6, 6.07) is -6.91. The third-order valence-electron chi connectivity index (χ3n) is 15.0. The zero-order valence-corrected chi connectivity index (χ0v) is 43.4. The van der Waals surface area contributed by atoms with Crippen LogP contribution < -0.4 is 56.5 Å². The Morgan fingerprint density at radius 1 is 0.425 bits per heavy atom. The molecule has 2 aliphatic carbocycles. The molecule has 6 fully saturated rings. The molecule has 2 saturated carbocycles. The highest BCUT2D eigenvalue weighted by molar-refractivity contribution is 5.81. The lowest BCUT2D eigenvalue weighted by Gasteiger charge is -2.49. The van der Waals surface area contributed by atoms with Crippen LogP contribution >= 0.6 is 0 Å². The second kappa shape index (κ2) is 30.6. The molecular weight excluding hydrogens is 1080 g/mol. The smallest absolute Gasteiger partial charge is 0.249 e. The monoisotopic (exact) mass is 1170 g/mol. The molecule has 0 unspecified atom stereocenters. The molecular formula is C44H86N10O26. The highest BCUT2D eigenvalue weighted by Gasteiger charge is 2.55. The minimum absolute atomic E-state index is 0.0101. The highest BCUT2D eigenvalue weighted by Crippen LogP contribution is 2.34. The fourth-order valence-corrected chi connectivity index (χ4v) is 10.1. The van der Waals surface area contributed by atoms with Gasteiger partial charge in [0.25, 0.3) is 0 Å². The van der Waals surface area contributed by atoms with Crippen molar-refractivity contribution in [3.05, 3.63) is 0 Å². The molecule has 0 bridgehead atoms. The van der Waals surface area contributed by atoms with Crippen LogP contribution in [0.1, 0.15) is 25.7 Å². The van der Waals surface area contributed by atoms with Crippen molar-refractivity contribution in [1.29, 1.82) is 0 Å². The second-order valence-electron chi connectivity index (χ2n) is 20.7. The fraction of sp³-hybridized carbons (Fsp3) is 0.955. The molecule has 36 heteroatoms. The van der Waals surface area contributed by atoms with E-state index in [2.05, 4.69) is 10.6 Å². The average molecular weight is 1170 g/mol. The first-order valence-electron chi connectivity index (χ1n) is 26.1. The molecule has 4 saturated heterocycles. The Morgan fingerprint density at radius 2 is 0.725 bits per heavy atom. The van der Waals surface area contributed by atoms with Crippen LogP contribution in [0.25, 0.3) is 0 Å². The standard InChI is InChI=1S/2C22H43N5O13/c2*23-2-1-8(29)20(36)27-7-3-6(25)18(39-22-16(34)15(33)13(31)9(4-24)37-22)17(35)19(7)40-21-14(32)11(26)12(30)10(5-28)38-21/h2*6-19,21-22,28-35H,1-5,23-26H2,(H,27,36)/t2*6-,7+,8-,9+,10+,11-,12+,13+,14+,15-,16+,17-,18+,19-,21+,22+/m00/s1. The summed E-state index contributed by atoms with van der Waals surface area (Å²) in [4.78, 5) is 25.2. The molecule has 0 aromatic rings. The Kier molecular flexibility index (Phi) is 26.2. The molecule has 0 spiro atoms. The summed E-state index contributed by atoms with van der Waals surface area (Å²) in [6.45, 7) is -1.80. The topological polar surface area (TPSA) is 664 Å². The van der Waals surface area contributed by atoms with Gasteiger partial charge in [0.05, 0.1) is 37.4 Å². The minimum Gasteiger partial charge on any atom is -0.394 e. The van der Waals surface area contributed by atoms with Crippen LogP contribution in [0, 0.1) is 0 Å². The van der Waals surface area contributed by atoms with Crippen molar-refractivity contribution in [2.75, 3.05) is 39.4 Å².